The fourth-order valence-corrected chi connectivity index (χ4v) is 8.59. The van der Waals surface area contributed by atoms with Crippen molar-refractivity contribution >= 4 is 36.7 Å². The minimum absolute atomic E-state index is 0.0824. The van der Waals surface area contributed by atoms with Crippen molar-refractivity contribution in [2.75, 3.05) is 6.61 Å². The fourth-order valence-electron chi connectivity index (χ4n) is 7.93. The monoisotopic (exact) mass is 608 g/mol. The van der Waals surface area contributed by atoms with E-state index in [1.54, 1.807) is 58.0 Å². The van der Waals surface area contributed by atoms with Gasteiger partial charge in [-0.2, -0.15) is 0 Å². The lowest BCUT2D eigenvalue weighted by molar-refractivity contribution is -0.343. The van der Waals surface area contributed by atoms with Gasteiger partial charge in [-0.3, -0.25) is 9.59 Å². The molecule has 2 N–H and O–H groups in total. The summed E-state index contributed by atoms with van der Waals surface area (Å²) in [4.78, 5) is 41.2. The van der Waals surface area contributed by atoms with Gasteiger partial charge in [0.05, 0.1) is 35.7 Å². The summed E-state index contributed by atoms with van der Waals surface area (Å²) >= 11 is 0. The molecule has 41 heavy (non-hydrogen) atoms. The second-order valence-electron chi connectivity index (χ2n) is 12.4. The van der Waals surface area contributed by atoms with Crippen molar-refractivity contribution in [3.63, 3.8) is 0 Å². The van der Waals surface area contributed by atoms with E-state index in [9.17, 15) is 24.6 Å². The molecule has 0 radical (unpaired) electrons. The first-order valence-corrected chi connectivity index (χ1v) is 14.6. The largest absolute Gasteiger partial charge is 0.455 e. The van der Waals surface area contributed by atoms with Gasteiger partial charge in [0.2, 0.25) is 0 Å². The van der Waals surface area contributed by atoms with Crippen molar-refractivity contribution in [3.05, 3.63) is 47.0 Å². The van der Waals surface area contributed by atoms with Crippen LogP contribution in [0.1, 0.15) is 57.8 Å². The molecule has 3 aliphatic carbocycles. The van der Waals surface area contributed by atoms with Crippen LogP contribution < -0.4 is 0 Å². The zero-order valence-electron chi connectivity index (χ0n) is 23.8. The Morgan fingerprint density at radius 1 is 1.10 bits per heavy atom. The zero-order valence-corrected chi connectivity index (χ0v) is 26.1. The van der Waals surface area contributed by atoms with Gasteiger partial charge in [0.15, 0.2) is 11.4 Å². The molecule has 1 heterocycles. The van der Waals surface area contributed by atoms with E-state index in [0.717, 1.165) is 0 Å². The van der Waals surface area contributed by atoms with Crippen LogP contribution in [0.2, 0.25) is 0 Å². The zero-order chi connectivity index (χ0) is 30.1. The fraction of sp³-hybridized carbons (Fsp3) is 0.621. The SMILES string of the molecule is CC(=O)O[C@@]12CO[C@@H]1C[C@H](OP)[C@@]1(C)C(=O)[C@H](OP)C3=C(C)[C@@H](O)C[C@@](O)([C@@H](OC(=O)c4ccccc4)[C@H]21)C3(C)C. The third-order valence-corrected chi connectivity index (χ3v) is 10.8. The molecule has 10 nitrogen and oxygen atoms in total. The number of Topliss-reactive ketones (excluding diaryl/α,β-unsaturated/α-hetero) is 1. The van der Waals surface area contributed by atoms with E-state index in [2.05, 4.69) is 18.9 Å². The summed E-state index contributed by atoms with van der Waals surface area (Å²) in [7, 11) is 4.34. The number of aliphatic hydroxyl groups is 2. The van der Waals surface area contributed by atoms with Crippen LogP contribution in [0, 0.1) is 16.7 Å². The third kappa shape index (κ3) is 4.21. The highest BCUT2D eigenvalue weighted by molar-refractivity contribution is 7.10. The summed E-state index contributed by atoms with van der Waals surface area (Å²) in [6.07, 6.45) is -5.35. The molecule has 1 aromatic carbocycles. The van der Waals surface area contributed by atoms with Crippen LogP contribution >= 0.6 is 18.9 Å². The number of ether oxygens (including phenoxy) is 3. The van der Waals surface area contributed by atoms with Gasteiger partial charge in [0, 0.05) is 44.1 Å². The molecule has 224 valence electrons. The molecular formula is C29H38O10P2. The molecule has 5 rings (SSSR count). The molecule has 11 atom stereocenters. The molecule has 1 aromatic rings. The Labute approximate surface area is 244 Å². The van der Waals surface area contributed by atoms with E-state index in [0.29, 0.717) is 11.1 Å². The highest BCUT2D eigenvalue weighted by Gasteiger charge is 2.78. The summed E-state index contributed by atoms with van der Waals surface area (Å²) in [6, 6.07) is 8.30. The molecule has 2 unspecified atom stereocenters. The molecule has 1 aliphatic heterocycles. The summed E-state index contributed by atoms with van der Waals surface area (Å²) in [5, 5.41) is 24.2. The number of aliphatic hydroxyl groups excluding tert-OH is 1. The van der Waals surface area contributed by atoms with Crippen molar-refractivity contribution in [1.29, 1.82) is 0 Å². The van der Waals surface area contributed by atoms with Gasteiger partial charge in [0.1, 0.15) is 23.9 Å². The van der Waals surface area contributed by atoms with Gasteiger partial charge in [-0.1, -0.05) is 32.0 Å². The maximum atomic E-state index is 14.9. The lowest BCUT2D eigenvalue weighted by atomic mass is 9.44. The number of ketones is 1. The minimum Gasteiger partial charge on any atom is -0.455 e. The Morgan fingerprint density at radius 3 is 2.29 bits per heavy atom. The molecule has 4 aliphatic rings. The van der Waals surface area contributed by atoms with Crippen LogP contribution in [-0.4, -0.2) is 76.3 Å². The summed E-state index contributed by atoms with van der Waals surface area (Å²) in [5.41, 5.74) is -5.02. The van der Waals surface area contributed by atoms with Gasteiger partial charge < -0.3 is 33.5 Å². The molecule has 0 amide bonds. The number of benzene rings is 1. The second-order valence-corrected chi connectivity index (χ2v) is 13.0. The van der Waals surface area contributed by atoms with Crippen molar-refractivity contribution < 1.29 is 47.9 Å². The van der Waals surface area contributed by atoms with Crippen LogP contribution in [0.5, 0.6) is 0 Å². The van der Waals surface area contributed by atoms with Crippen LogP contribution in [-0.2, 0) is 32.8 Å². The van der Waals surface area contributed by atoms with E-state index in [1.165, 1.54) is 6.92 Å². The van der Waals surface area contributed by atoms with Gasteiger partial charge in [-0.05, 0) is 37.1 Å². The number of rotatable bonds is 5. The summed E-state index contributed by atoms with van der Waals surface area (Å²) < 4.78 is 29.9. The first-order valence-electron chi connectivity index (χ1n) is 13.6. The predicted molar refractivity (Wildman–Crippen MR) is 152 cm³/mol. The Bertz CT molecular complexity index is 1280. The standard InChI is InChI=1S/C29H38O10P2/c1-14-17(31)12-29(34)24(36-25(33)16-9-7-6-8-10-16)22-27(5,23(32)21(39-41)20(14)26(29,3)4)18(38-40)11-19-28(22,13-35-19)37-15(2)30/h6-10,17-19,21-22,24,31,34H,11-13,40-41H2,1-5H3/t17-,18-,19+,21+,22-,24-,27+,28-,29+/m0/s1. The van der Waals surface area contributed by atoms with Crippen LogP contribution in [0.4, 0.5) is 0 Å². The molecule has 0 spiro atoms. The van der Waals surface area contributed by atoms with E-state index < -0.39 is 76.2 Å². The first kappa shape index (κ1) is 30.7. The van der Waals surface area contributed by atoms with Gasteiger partial charge in [-0.25, -0.2) is 4.79 Å². The average Bonchev–Trinajstić information content (AvgIpc) is 2.91. The van der Waals surface area contributed by atoms with E-state index in [1.807, 2.05) is 0 Å². The lowest BCUT2D eigenvalue weighted by Gasteiger charge is -2.67. The molecule has 3 fully saturated rings. The van der Waals surface area contributed by atoms with Crippen molar-refractivity contribution in [3.8, 4) is 0 Å². The normalized spacial score (nSPS) is 41.2. The number of fused-ring (bicyclic) bond motifs is 5. The minimum atomic E-state index is -1.95. The highest BCUT2D eigenvalue weighted by Crippen LogP contribution is 2.64. The smallest absolute Gasteiger partial charge is 0.338 e. The van der Waals surface area contributed by atoms with Crippen LogP contribution in [0.3, 0.4) is 0 Å². The Morgan fingerprint density at radius 2 is 1.76 bits per heavy atom. The summed E-state index contributed by atoms with van der Waals surface area (Å²) in [5.74, 6) is -2.91. The van der Waals surface area contributed by atoms with Crippen LogP contribution in [0.25, 0.3) is 0 Å². The lowest BCUT2D eigenvalue weighted by Crippen LogP contribution is -2.81. The number of carbonyl (C=O) groups excluding carboxylic acids is 3. The highest BCUT2D eigenvalue weighted by atomic mass is 31.0. The van der Waals surface area contributed by atoms with Gasteiger partial charge in [-0.15, -0.1) is 0 Å². The second kappa shape index (κ2) is 10.4. The van der Waals surface area contributed by atoms with Crippen molar-refractivity contribution in [2.45, 2.75) is 89.2 Å². The predicted octanol–water partition coefficient (Wildman–Crippen LogP) is 2.71. The van der Waals surface area contributed by atoms with E-state index in [-0.39, 0.29) is 25.0 Å². The van der Waals surface area contributed by atoms with E-state index in [4.69, 9.17) is 23.3 Å². The van der Waals surface area contributed by atoms with E-state index >= 15 is 0 Å². The van der Waals surface area contributed by atoms with Gasteiger partial charge in [0.25, 0.3) is 0 Å². The summed E-state index contributed by atoms with van der Waals surface area (Å²) in [6.45, 7) is 8.05. The number of esters is 2. The number of carbonyl (C=O) groups is 3. The topological polar surface area (TPSA) is 138 Å². The Balaban J connectivity index is 1.84. The molecule has 1 saturated heterocycles. The molecule has 2 bridgehead atoms. The van der Waals surface area contributed by atoms with Gasteiger partial charge >= 0.3 is 11.9 Å². The average molecular weight is 609 g/mol. The van der Waals surface area contributed by atoms with Crippen LogP contribution in [0.15, 0.2) is 41.5 Å². The number of hydrogen-bond acceptors (Lipinski definition) is 10. The first-order chi connectivity index (χ1) is 19.2. The van der Waals surface area contributed by atoms with Crippen molar-refractivity contribution in [2.24, 2.45) is 16.7 Å². The maximum absolute atomic E-state index is 14.9. The molecular weight excluding hydrogens is 570 g/mol. The maximum Gasteiger partial charge on any atom is 0.338 e. The Kier molecular flexibility index (Phi) is 7.82. The van der Waals surface area contributed by atoms with Crippen molar-refractivity contribution in [1.82, 2.24) is 0 Å². The molecule has 12 heteroatoms. The number of hydrogen-bond donors (Lipinski definition) is 2. The Hall–Kier alpha value is -1.77. The molecule has 2 saturated carbocycles. The quantitative estimate of drug-likeness (QED) is 0.292. The molecule has 0 aromatic heterocycles. The third-order valence-electron chi connectivity index (χ3n) is 10.2.